The lowest BCUT2D eigenvalue weighted by molar-refractivity contribution is -0.870. The van der Waals surface area contributed by atoms with Crippen molar-refractivity contribution in [1.82, 2.24) is 0 Å². The molecule has 1 aliphatic heterocycles. The topological polar surface area (TPSA) is 104 Å². The third-order valence-electron chi connectivity index (χ3n) is 9.69. The largest absolute Gasteiger partial charge is 0.492 e. The van der Waals surface area contributed by atoms with Crippen LogP contribution in [0.25, 0.3) is 0 Å². The number of esters is 1. The average Bonchev–Trinajstić information content (AvgIpc) is 3.88. The molecule has 0 aromatic rings. The molecule has 0 amide bonds. The van der Waals surface area contributed by atoms with Crippen LogP contribution in [0.5, 0.6) is 0 Å². The summed E-state index contributed by atoms with van der Waals surface area (Å²) in [4.78, 5) is 22.7. The summed E-state index contributed by atoms with van der Waals surface area (Å²) >= 11 is 0. The molecule has 0 aromatic heterocycles. The van der Waals surface area contributed by atoms with Crippen molar-refractivity contribution in [2.45, 2.75) is 193 Å². The highest BCUT2D eigenvalue weighted by Gasteiger charge is 2.36. The molecule has 1 rings (SSSR count). The van der Waals surface area contributed by atoms with E-state index in [1.807, 2.05) is 27.2 Å². The van der Waals surface area contributed by atoms with E-state index in [-0.39, 0.29) is 25.8 Å². The normalized spacial score (nSPS) is 17.8. The lowest BCUT2D eigenvalue weighted by atomic mass is 10.1. The Morgan fingerprint density at radius 3 is 1.87 bits per heavy atom. The lowest BCUT2D eigenvalue weighted by Gasteiger charge is -2.24. The Bertz CT molecular complexity index is 1030. The van der Waals surface area contributed by atoms with Gasteiger partial charge in [-0.1, -0.05) is 122 Å². The van der Waals surface area contributed by atoms with Crippen molar-refractivity contribution in [2.75, 3.05) is 47.5 Å². The second-order valence-corrected chi connectivity index (χ2v) is 17.6. The van der Waals surface area contributed by atoms with E-state index < -0.39 is 13.9 Å². The molecule has 9 nitrogen and oxygen atoms in total. The van der Waals surface area contributed by atoms with Gasteiger partial charge in [-0.15, -0.1) is 0 Å². The van der Waals surface area contributed by atoms with Crippen LogP contribution in [0.1, 0.15) is 174 Å². The van der Waals surface area contributed by atoms with Gasteiger partial charge in [0.25, 0.3) is 0 Å². The van der Waals surface area contributed by atoms with E-state index in [0.717, 1.165) is 57.8 Å². The number of phosphoric acid groups is 1. The second-order valence-electron chi connectivity index (χ2n) is 16.2. The molecule has 1 N–H and O–H groups in total. The summed E-state index contributed by atoms with van der Waals surface area (Å²) in [5, 5.41) is 0. The summed E-state index contributed by atoms with van der Waals surface area (Å²) in [7, 11) is 1.65. The Hall–Kier alpha value is -1.48. The van der Waals surface area contributed by atoms with E-state index in [0.29, 0.717) is 29.7 Å². The maximum atomic E-state index is 12.5. The van der Waals surface area contributed by atoms with Crippen molar-refractivity contribution in [3.63, 3.8) is 0 Å². The molecule has 4 atom stereocenters. The van der Waals surface area contributed by atoms with Gasteiger partial charge < -0.3 is 23.6 Å². The van der Waals surface area contributed by atoms with Gasteiger partial charge in [0, 0.05) is 6.42 Å². The van der Waals surface area contributed by atoms with Gasteiger partial charge in [0.1, 0.15) is 19.8 Å². The van der Waals surface area contributed by atoms with Crippen molar-refractivity contribution in [3.05, 3.63) is 36.6 Å². The summed E-state index contributed by atoms with van der Waals surface area (Å²) in [5.41, 5.74) is 0. The van der Waals surface area contributed by atoms with E-state index in [1.165, 1.54) is 96.3 Å². The molecule has 1 saturated heterocycles. The predicted molar refractivity (Wildman–Crippen MR) is 223 cm³/mol. The smallest absolute Gasteiger partial charge is 0.472 e. The van der Waals surface area contributed by atoms with Gasteiger partial charge in [0.2, 0.25) is 0 Å². The van der Waals surface area contributed by atoms with Gasteiger partial charge in [0.05, 0.1) is 46.2 Å². The first-order chi connectivity index (χ1) is 26.1. The number of unbranched alkanes of at least 4 members (excludes halogenated alkanes) is 18. The Morgan fingerprint density at radius 2 is 1.22 bits per heavy atom. The van der Waals surface area contributed by atoms with E-state index in [2.05, 4.69) is 38.2 Å². The maximum absolute atomic E-state index is 12.5. The summed E-state index contributed by atoms with van der Waals surface area (Å²) in [6.45, 7) is 4.83. The number of ether oxygens (including phenoxy) is 3. The van der Waals surface area contributed by atoms with Crippen molar-refractivity contribution < 1.29 is 42.0 Å². The van der Waals surface area contributed by atoms with Gasteiger partial charge in [-0.3, -0.25) is 13.8 Å². The Morgan fingerprint density at radius 1 is 0.685 bits per heavy atom. The highest BCUT2D eigenvalue weighted by atomic mass is 31.2. The van der Waals surface area contributed by atoms with Gasteiger partial charge in [0.15, 0.2) is 6.10 Å². The molecule has 0 radical (unpaired) electrons. The third kappa shape index (κ3) is 33.8. The van der Waals surface area contributed by atoms with Crippen LogP contribution in [0.2, 0.25) is 0 Å². The number of allylic oxidation sites excluding steroid dienone is 4. The number of nitrogens with zero attached hydrogens (tertiary/aromatic N) is 1. The van der Waals surface area contributed by atoms with Gasteiger partial charge in [-0.05, 0) is 76.7 Å². The quantitative estimate of drug-likeness (QED) is 0.0125. The summed E-state index contributed by atoms with van der Waals surface area (Å²) in [6.07, 6.45) is 41.5. The van der Waals surface area contributed by atoms with E-state index in [4.69, 9.17) is 23.3 Å². The molecule has 316 valence electrons. The minimum atomic E-state index is -4.27. The number of epoxide rings is 1. The molecule has 54 heavy (non-hydrogen) atoms. The van der Waals surface area contributed by atoms with Gasteiger partial charge in [-0.2, -0.15) is 0 Å². The zero-order chi connectivity index (χ0) is 39.6. The molecule has 0 bridgehead atoms. The average molecular weight is 785 g/mol. The van der Waals surface area contributed by atoms with Gasteiger partial charge in [-0.25, -0.2) is 4.57 Å². The molecule has 0 spiro atoms. The molecular weight excluding hydrogens is 701 g/mol. The molecular formula is C44H83NO8P+. The standard InChI is InChI=1S/C44H82NO8P/c1-6-8-10-12-14-15-16-17-18-19-20-21-22-23-28-32-37-49-41(40-52-54(47,48)51-38-36-45(3,4)5)39-50-44(46)35-31-27-24-26-30-34-43-42(53-43)33-29-25-13-11-9-7-2/h15-16,25,29,32,37,41-43H,6-14,17-24,26-28,30-31,33-36,38-40H2,1-5H3/p+1/b16-15-,29-25-,37-32+/t41-,42?,43?/m1/s1. The van der Waals surface area contributed by atoms with Crippen LogP contribution in [0.3, 0.4) is 0 Å². The first kappa shape index (κ1) is 50.5. The lowest BCUT2D eigenvalue weighted by Crippen LogP contribution is -2.37. The third-order valence-corrected chi connectivity index (χ3v) is 10.7. The van der Waals surface area contributed by atoms with Crippen molar-refractivity contribution in [3.8, 4) is 0 Å². The monoisotopic (exact) mass is 785 g/mol. The molecule has 3 unspecified atom stereocenters. The number of quaternary nitrogens is 1. The predicted octanol–water partition coefficient (Wildman–Crippen LogP) is 11.9. The summed E-state index contributed by atoms with van der Waals surface area (Å²) in [6, 6.07) is 0. The SMILES string of the molecule is CCCCC/C=C\CC1OC1CCCCCCCC(=O)OC[C@H](COP(=O)(O)OCC[N+](C)(C)C)O/C=C/CCCCCCCC/C=C\CCCCCC. The number of rotatable bonds is 39. The van der Waals surface area contributed by atoms with E-state index in [9.17, 15) is 14.3 Å². The molecule has 0 saturated carbocycles. The fraction of sp³-hybridized carbons (Fsp3) is 0.841. The number of likely N-dealkylation sites (N-methyl/N-ethyl adjacent to an activating group) is 1. The van der Waals surface area contributed by atoms with Crippen molar-refractivity contribution in [1.29, 1.82) is 0 Å². The molecule has 1 fully saturated rings. The van der Waals surface area contributed by atoms with Crippen LogP contribution < -0.4 is 0 Å². The Labute approximate surface area is 331 Å². The maximum Gasteiger partial charge on any atom is 0.472 e. The highest BCUT2D eigenvalue weighted by molar-refractivity contribution is 7.47. The molecule has 1 heterocycles. The van der Waals surface area contributed by atoms with Crippen molar-refractivity contribution in [2.24, 2.45) is 0 Å². The van der Waals surface area contributed by atoms with E-state index in [1.54, 1.807) is 6.26 Å². The number of hydrogen-bond acceptors (Lipinski definition) is 7. The first-order valence-corrected chi connectivity index (χ1v) is 23.4. The first-order valence-electron chi connectivity index (χ1n) is 21.9. The minimum absolute atomic E-state index is 0.0629. The fourth-order valence-electron chi connectivity index (χ4n) is 6.07. The number of carbonyl (C=O) groups is 1. The van der Waals surface area contributed by atoms with Crippen LogP contribution in [0, 0.1) is 0 Å². The fourth-order valence-corrected chi connectivity index (χ4v) is 6.81. The Kier molecular flexibility index (Phi) is 31.5. The number of phosphoric ester groups is 1. The van der Waals surface area contributed by atoms with Crippen LogP contribution in [-0.2, 0) is 32.6 Å². The zero-order valence-electron chi connectivity index (χ0n) is 35.4. The minimum Gasteiger partial charge on any atom is -0.492 e. The highest BCUT2D eigenvalue weighted by Crippen LogP contribution is 2.43. The molecule has 1 aliphatic rings. The van der Waals surface area contributed by atoms with Crippen LogP contribution in [-0.4, -0.2) is 81.2 Å². The van der Waals surface area contributed by atoms with Crippen LogP contribution in [0.15, 0.2) is 36.6 Å². The number of hydrogen-bond donors (Lipinski definition) is 1. The van der Waals surface area contributed by atoms with Gasteiger partial charge >= 0.3 is 13.8 Å². The summed E-state index contributed by atoms with van der Waals surface area (Å²) in [5.74, 6) is -0.297. The number of carbonyl (C=O) groups excluding carboxylic acids is 1. The molecule has 0 aliphatic carbocycles. The van der Waals surface area contributed by atoms with Crippen LogP contribution in [0.4, 0.5) is 0 Å². The second kappa shape index (κ2) is 33.6. The van der Waals surface area contributed by atoms with Crippen LogP contribution >= 0.6 is 7.82 Å². The molecule has 10 heteroatoms. The van der Waals surface area contributed by atoms with Crippen molar-refractivity contribution >= 4 is 13.8 Å². The Balaban J connectivity index is 2.26. The zero-order valence-corrected chi connectivity index (χ0v) is 36.3. The molecule has 0 aromatic carbocycles. The summed E-state index contributed by atoms with van der Waals surface area (Å²) < 4.78 is 40.6. The van der Waals surface area contributed by atoms with E-state index >= 15 is 0 Å².